The number of aryl methyl sites for hydroxylation is 2. The monoisotopic (exact) mass is 419 g/mol. The van der Waals surface area contributed by atoms with Gasteiger partial charge in [-0.1, -0.05) is 0 Å². The molecular formula is C20H16F3N3O4. The van der Waals surface area contributed by atoms with Crippen LogP contribution in [-0.4, -0.2) is 28.0 Å². The molecule has 0 saturated carbocycles. The van der Waals surface area contributed by atoms with Crippen molar-refractivity contribution in [3.05, 3.63) is 69.4 Å². The van der Waals surface area contributed by atoms with Crippen molar-refractivity contribution < 1.29 is 27.5 Å². The van der Waals surface area contributed by atoms with E-state index in [4.69, 9.17) is 4.74 Å². The molecule has 0 unspecified atom stereocenters. The number of hydrogen-bond acceptors (Lipinski definition) is 5. The summed E-state index contributed by atoms with van der Waals surface area (Å²) < 4.78 is 46.2. The number of amides is 1. The van der Waals surface area contributed by atoms with Gasteiger partial charge >= 0.3 is 5.97 Å². The third-order valence-corrected chi connectivity index (χ3v) is 4.26. The van der Waals surface area contributed by atoms with Crippen LogP contribution in [0.2, 0.25) is 0 Å². The normalized spacial score (nSPS) is 10.8. The minimum atomic E-state index is -1.75. The summed E-state index contributed by atoms with van der Waals surface area (Å²) in [6.07, 6.45) is 1.28. The first-order valence-electron chi connectivity index (χ1n) is 8.84. The van der Waals surface area contributed by atoms with Crippen molar-refractivity contribution >= 4 is 28.6 Å². The van der Waals surface area contributed by atoms with Crippen molar-refractivity contribution in [2.24, 2.45) is 0 Å². The average molecular weight is 419 g/mol. The van der Waals surface area contributed by atoms with Crippen molar-refractivity contribution in [2.75, 3.05) is 11.9 Å². The largest absolute Gasteiger partial charge is 0.452 e. The Morgan fingerprint density at radius 3 is 2.57 bits per heavy atom. The van der Waals surface area contributed by atoms with E-state index >= 15 is 0 Å². The van der Waals surface area contributed by atoms with Crippen LogP contribution in [0.5, 0.6) is 0 Å². The van der Waals surface area contributed by atoms with Gasteiger partial charge in [-0.15, -0.1) is 0 Å². The summed E-state index contributed by atoms with van der Waals surface area (Å²) in [4.78, 5) is 41.2. The topological polar surface area (TPSA) is 90.3 Å². The molecule has 156 valence electrons. The molecule has 7 nitrogen and oxygen atoms in total. The lowest BCUT2D eigenvalue weighted by atomic mass is 10.2. The highest BCUT2D eigenvalue weighted by Gasteiger charge is 2.20. The predicted octanol–water partition coefficient (Wildman–Crippen LogP) is 2.94. The molecule has 30 heavy (non-hydrogen) atoms. The molecule has 0 saturated heterocycles. The third kappa shape index (κ3) is 4.02. The maximum atomic E-state index is 13.6. The number of fused-ring (bicyclic) bond motifs is 1. The van der Waals surface area contributed by atoms with E-state index in [0.717, 1.165) is 6.07 Å². The SMILES string of the molecule is CCn1cc(C(=O)OCC(=O)Nc2ccc(F)c(F)c2F)c(=O)c2ccc(C)nc21. The first kappa shape index (κ1) is 21.0. The van der Waals surface area contributed by atoms with E-state index < -0.39 is 47.1 Å². The summed E-state index contributed by atoms with van der Waals surface area (Å²) in [6, 6.07) is 4.63. The Morgan fingerprint density at radius 2 is 1.87 bits per heavy atom. The Bertz CT molecular complexity index is 1220. The molecule has 1 N–H and O–H groups in total. The van der Waals surface area contributed by atoms with Crippen molar-refractivity contribution in [3.63, 3.8) is 0 Å². The Hall–Kier alpha value is -3.69. The molecule has 3 rings (SSSR count). The second-order valence-electron chi connectivity index (χ2n) is 6.33. The standard InChI is InChI=1S/C20H16F3N3O4/c1-3-26-8-12(18(28)11-5-4-10(2)24-19(11)26)20(29)30-9-15(27)25-14-7-6-13(21)16(22)17(14)23/h4-8H,3,9H2,1-2H3,(H,25,27). The smallest absolute Gasteiger partial charge is 0.344 e. The van der Waals surface area contributed by atoms with Gasteiger partial charge < -0.3 is 14.6 Å². The van der Waals surface area contributed by atoms with Crippen LogP contribution < -0.4 is 10.7 Å². The van der Waals surface area contributed by atoms with E-state index in [-0.39, 0.29) is 10.9 Å². The second-order valence-corrected chi connectivity index (χ2v) is 6.33. The molecule has 0 aliphatic rings. The lowest BCUT2D eigenvalue weighted by Gasteiger charge is -2.11. The predicted molar refractivity (Wildman–Crippen MR) is 102 cm³/mol. The molecule has 3 aromatic rings. The molecular weight excluding hydrogens is 403 g/mol. The minimum absolute atomic E-state index is 0.213. The van der Waals surface area contributed by atoms with Gasteiger partial charge in [-0.2, -0.15) is 0 Å². The zero-order chi connectivity index (χ0) is 22.0. The number of pyridine rings is 2. The number of aromatic nitrogens is 2. The number of halogens is 3. The van der Waals surface area contributed by atoms with Gasteiger partial charge in [0.15, 0.2) is 24.1 Å². The van der Waals surface area contributed by atoms with E-state index in [2.05, 4.69) is 4.98 Å². The highest BCUT2D eigenvalue weighted by molar-refractivity contribution is 5.96. The van der Waals surface area contributed by atoms with Crippen LogP contribution in [0.25, 0.3) is 11.0 Å². The number of rotatable bonds is 5. The number of carbonyl (C=O) groups is 2. The van der Waals surface area contributed by atoms with Crippen LogP contribution in [0.3, 0.4) is 0 Å². The second kappa shape index (κ2) is 8.36. The maximum Gasteiger partial charge on any atom is 0.344 e. The highest BCUT2D eigenvalue weighted by Crippen LogP contribution is 2.19. The molecule has 0 aliphatic heterocycles. The van der Waals surface area contributed by atoms with Crippen LogP contribution in [-0.2, 0) is 16.1 Å². The summed E-state index contributed by atoms with van der Waals surface area (Å²) in [5, 5.41) is 2.18. The summed E-state index contributed by atoms with van der Waals surface area (Å²) >= 11 is 0. The first-order chi connectivity index (χ1) is 14.2. The summed E-state index contributed by atoms with van der Waals surface area (Å²) in [6.45, 7) is 3.11. The highest BCUT2D eigenvalue weighted by atomic mass is 19.2. The van der Waals surface area contributed by atoms with E-state index in [1.165, 1.54) is 6.20 Å². The lowest BCUT2D eigenvalue weighted by Crippen LogP contribution is -2.25. The summed E-state index contributed by atoms with van der Waals surface area (Å²) in [7, 11) is 0. The number of benzene rings is 1. The van der Waals surface area contributed by atoms with Crippen molar-refractivity contribution in [3.8, 4) is 0 Å². The summed E-state index contributed by atoms with van der Waals surface area (Å²) in [5.41, 5.74) is -0.428. The van der Waals surface area contributed by atoms with Gasteiger partial charge in [0.05, 0.1) is 11.1 Å². The molecule has 1 aromatic carbocycles. The van der Waals surface area contributed by atoms with Gasteiger partial charge in [0.2, 0.25) is 5.43 Å². The van der Waals surface area contributed by atoms with Gasteiger partial charge in [-0.05, 0) is 38.1 Å². The Morgan fingerprint density at radius 1 is 1.13 bits per heavy atom. The number of ether oxygens (including phenoxy) is 1. The van der Waals surface area contributed by atoms with Crippen LogP contribution in [0, 0.1) is 24.4 Å². The van der Waals surface area contributed by atoms with Crippen LogP contribution in [0.15, 0.2) is 35.3 Å². The lowest BCUT2D eigenvalue weighted by molar-refractivity contribution is -0.119. The maximum absolute atomic E-state index is 13.6. The molecule has 0 bridgehead atoms. The van der Waals surface area contributed by atoms with Gasteiger partial charge in [0.1, 0.15) is 11.2 Å². The zero-order valence-corrected chi connectivity index (χ0v) is 16.0. The minimum Gasteiger partial charge on any atom is -0.452 e. The van der Waals surface area contributed by atoms with E-state index in [1.807, 2.05) is 5.32 Å². The Balaban J connectivity index is 1.78. The molecule has 2 aromatic heterocycles. The van der Waals surface area contributed by atoms with Gasteiger partial charge in [-0.25, -0.2) is 22.9 Å². The fourth-order valence-electron chi connectivity index (χ4n) is 2.76. The van der Waals surface area contributed by atoms with Crippen LogP contribution in [0.1, 0.15) is 23.0 Å². The van der Waals surface area contributed by atoms with Crippen molar-refractivity contribution in [2.45, 2.75) is 20.4 Å². The van der Waals surface area contributed by atoms with E-state index in [1.54, 1.807) is 30.5 Å². The molecule has 10 heteroatoms. The van der Waals surface area contributed by atoms with Crippen LogP contribution >= 0.6 is 0 Å². The molecule has 0 atom stereocenters. The summed E-state index contributed by atoms with van der Waals surface area (Å²) in [5.74, 6) is -6.80. The fourth-order valence-corrected chi connectivity index (χ4v) is 2.76. The number of nitrogens with zero attached hydrogens (tertiary/aromatic N) is 2. The number of hydrogen-bond donors (Lipinski definition) is 1. The molecule has 0 spiro atoms. The van der Waals surface area contributed by atoms with Gasteiger partial charge in [-0.3, -0.25) is 9.59 Å². The molecule has 0 aliphatic carbocycles. The van der Waals surface area contributed by atoms with Crippen LogP contribution in [0.4, 0.5) is 18.9 Å². The number of anilines is 1. The Labute approximate surface area is 168 Å². The zero-order valence-electron chi connectivity index (χ0n) is 16.0. The van der Waals surface area contributed by atoms with Gasteiger partial charge in [0, 0.05) is 18.4 Å². The van der Waals surface area contributed by atoms with E-state index in [9.17, 15) is 27.6 Å². The average Bonchev–Trinajstić information content (AvgIpc) is 2.72. The molecule has 1 amide bonds. The number of esters is 1. The third-order valence-electron chi connectivity index (χ3n) is 4.26. The molecule has 2 heterocycles. The van der Waals surface area contributed by atoms with Crippen molar-refractivity contribution in [1.82, 2.24) is 9.55 Å². The molecule has 0 radical (unpaired) electrons. The quantitative estimate of drug-likeness (QED) is 0.507. The van der Waals surface area contributed by atoms with Crippen molar-refractivity contribution in [1.29, 1.82) is 0 Å². The number of carbonyl (C=O) groups excluding carboxylic acids is 2. The Kier molecular flexibility index (Phi) is 5.86. The fraction of sp³-hybridized carbons (Fsp3) is 0.200. The van der Waals surface area contributed by atoms with E-state index in [0.29, 0.717) is 24.0 Å². The molecule has 0 fully saturated rings. The first-order valence-corrected chi connectivity index (χ1v) is 8.84. The van der Waals surface area contributed by atoms with Gasteiger partial charge in [0.25, 0.3) is 5.91 Å². The number of nitrogens with one attached hydrogen (secondary N) is 1.